The van der Waals surface area contributed by atoms with Crippen LogP contribution in [0.4, 0.5) is 0 Å². The van der Waals surface area contributed by atoms with Crippen molar-refractivity contribution < 1.29 is 4.79 Å². The molecule has 1 rings (SSSR count). The molecule has 0 bridgehead atoms. The highest BCUT2D eigenvalue weighted by Gasteiger charge is 2.19. The highest BCUT2D eigenvalue weighted by atomic mass is 16.1. The van der Waals surface area contributed by atoms with Crippen LogP contribution < -0.4 is 11.1 Å². The Labute approximate surface area is 106 Å². The summed E-state index contributed by atoms with van der Waals surface area (Å²) < 4.78 is 0. The minimum Gasteiger partial charge on any atom is -0.356 e. The third-order valence-electron chi connectivity index (χ3n) is 4.00. The molecule has 0 saturated heterocycles. The summed E-state index contributed by atoms with van der Waals surface area (Å²) in [6, 6.07) is -0.0126. The summed E-state index contributed by atoms with van der Waals surface area (Å²) in [7, 11) is 0. The van der Waals surface area contributed by atoms with Gasteiger partial charge in [-0.15, -0.1) is 0 Å². The zero-order valence-electron chi connectivity index (χ0n) is 11.5. The first-order valence-electron chi connectivity index (χ1n) is 7.01. The lowest BCUT2D eigenvalue weighted by molar-refractivity contribution is -0.121. The van der Waals surface area contributed by atoms with Gasteiger partial charge in [-0.1, -0.05) is 33.6 Å². The monoisotopic (exact) mass is 240 g/mol. The normalized spacial score (nSPS) is 26.9. The number of carbonyl (C=O) groups is 1. The van der Waals surface area contributed by atoms with Crippen LogP contribution in [-0.4, -0.2) is 18.5 Å². The van der Waals surface area contributed by atoms with E-state index in [2.05, 4.69) is 26.1 Å². The lowest BCUT2D eigenvalue weighted by Crippen LogP contribution is -2.37. The number of rotatable bonds is 5. The number of hydrogen-bond acceptors (Lipinski definition) is 2. The van der Waals surface area contributed by atoms with Crippen molar-refractivity contribution in [3.63, 3.8) is 0 Å². The first-order valence-corrected chi connectivity index (χ1v) is 7.01. The minimum atomic E-state index is -0.0126. The zero-order chi connectivity index (χ0) is 12.8. The molecule has 0 radical (unpaired) electrons. The second-order valence-electron chi connectivity index (χ2n) is 6.04. The molecule has 3 nitrogen and oxygen atoms in total. The third-order valence-corrected chi connectivity index (χ3v) is 4.00. The van der Waals surface area contributed by atoms with Crippen LogP contribution in [0.5, 0.6) is 0 Å². The zero-order valence-corrected chi connectivity index (χ0v) is 11.5. The Balaban J connectivity index is 2.15. The van der Waals surface area contributed by atoms with Gasteiger partial charge in [0.05, 0.1) is 0 Å². The van der Waals surface area contributed by atoms with Crippen molar-refractivity contribution in [2.24, 2.45) is 23.5 Å². The van der Waals surface area contributed by atoms with Crippen molar-refractivity contribution in [3.8, 4) is 0 Å². The van der Waals surface area contributed by atoms with Gasteiger partial charge in [-0.25, -0.2) is 0 Å². The van der Waals surface area contributed by atoms with Crippen LogP contribution in [0.3, 0.4) is 0 Å². The standard InChI is InChI=1S/C14H28N2O/c1-10(2)13(15)8-14(17)16-9-12-6-4-11(3)5-7-12/h10-13H,4-9,15H2,1-3H3,(H,16,17). The molecule has 1 amide bonds. The Morgan fingerprint density at radius 2 is 1.88 bits per heavy atom. The molecule has 3 heteroatoms. The Morgan fingerprint density at radius 1 is 1.29 bits per heavy atom. The highest BCUT2D eigenvalue weighted by Crippen LogP contribution is 2.27. The molecule has 3 N–H and O–H groups in total. The van der Waals surface area contributed by atoms with Gasteiger partial charge in [-0.3, -0.25) is 4.79 Å². The Hall–Kier alpha value is -0.570. The molecule has 1 fully saturated rings. The molecule has 0 heterocycles. The fraction of sp³-hybridized carbons (Fsp3) is 0.929. The van der Waals surface area contributed by atoms with Crippen molar-refractivity contribution >= 4 is 5.91 Å². The van der Waals surface area contributed by atoms with E-state index in [0.717, 1.165) is 12.5 Å². The Bertz CT molecular complexity index is 232. The Kier molecular flexibility index (Phi) is 5.96. The maximum Gasteiger partial charge on any atom is 0.221 e. The minimum absolute atomic E-state index is 0.0126. The second kappa shape index (κ2) is 7.00. The molecule has 0 aromatic heterocycles. The number of carbonyl (C=O) groups excluding carboxylic acids is 1. The molecule has 0 aromatic carbocycles. The molecule has 0 aliphatic heterocycles. The lowest BCUT2D eigenvalue weighted by atomic mass is 9.83. The van der Waals surface area contributed by atoms with Gasteiger partial charge in [0.1, 0.15) is 0 Å². The summed E-state index contributed by atoms with van der Waals surface area (Å²) in [4.78, 5) is 11.7. The summed E-state index contributed by atoms with van der Waals surface area (Å²) in [5, 5.41) is 3.03. The number of amides is 1. The molecule has 0 aromatic rings. The lowest BCUT2D eigenvalue weighted by Gasteiger charge is -2.26. The molecule has 1 atom stereocenters. The largest absolute Gasteiger partial charge is 0.356 e. The first kappa shape index (κ1) is 14.5. The first-order chi connectivity index (χ1) is 7.99. The number of hydrogen-bond donors (Lipinski definition) is 2. The van der Waals surface area contributed by atoms with E-state index in [9.17, 15) is 4.79 Å². The predicted octanol–water partition coefficient (Wildman–Crippen LogP) is 2.30. The van der Waals surface area contributed by atoms with Crippen LogP contribution in [0.2, 0.25) is 0 Å². The van der Waals surface area contributed by atoms with E-state index in [1.54, 1.807) is 0 Å². The summed E-state index contributed by atoms with van der Waals surface area (Å²) in [5.74, 6) is 2.04. The predicted molar refractivity (Wildman–Crippen MR) is 71.6 cm³/mol. The maximum absolute atomic E-state index is 11.7. The second-order valence-corrected chi connectivity index (χ2v) is 6.04. The van der Waals surface area contributed by atoms with E-state index < -0.39 is 0 Å². The van der Waals surface area contributed by atoms with E-state index in [0.29, 0.717) is 18.3 Å². The van der Waals surface area contributed by atoms with Gasteiger partial charge >= 0.3 is 0 Å². The van der Waals surface area contributed by atoms with Crippen LogP contribution in [0, 0.1) is 17.8 Å². The summed E-state index contributed by atoms with van der Waals surface area (Å²) in [6.07, 6.45) is 5.61. The molecule has 100 valence electrons. The topological polar surface area (TPSA) is 55.1 Å². The fourth-order valence-electron chi connectivity index (χ4n) is 2.31. The maximum atomic E-state index is 11.7. The van der Waals surface area contributed by atoms with Gasteiger partial charge in [0.25, 0.3) is 0 Å². The van der Waals surface area contributed by atoms with Crippen LogP contribution in [0.25, 0.3) is 0 Å². The van der Waals surface area contributed by atoms with Crippen LogP contribution in [-0.2, 0) is 4.79 Å². The van der Waals surface area contributed by atoms with Gasteiger partial charge < -0.3 is 11.1 Å². The molecule has 1 saturated carbocycles. The molecule has 0 spiro atoms. The Morgan fingerprint density at radius 3 is 2.41 bits per heavy atom. The van der Waals surface area contributed by atoms with E-state index in [1.165, 1.54) is 25.7 Å². The SMILES string of the molecule is CC1CCC(CNC(=O)CC(N)C(C)C)CC1. The molecule has 17 heavy (non-hydrogen) atoms. The van der Waals surface area contributed by atoms with Crippen molar-refractivity contribution in [1.82, 2.24) is 5.32 Å². The van der Waals surface area contributed by atoms with Gasteiger partial charge in [0, 0.05) is 19.0 Å². The average Bonchev–Trinajstić information content (AvgIpc) is 2.28. The fourth-order valence-corrected chi connectivity index (χ4v) is 2.31. The van der Waals surface area contributed by atoms with Gasteiger partial charge in [0.15, 0.2) is 0 Å². The van der Waals surface area contributed by atoms with E-state index >= 15 is 0 Å². The van der Waals surface area contributed by atoms with Crippen LogP contribution in [0.1, 0.15) is 52.9 Å². The van der Waals surface area contributed by atoms with Crippen LogP contribution in [0.15, 0.2) is 0 Å². The van der Waals surface area contributed by atoms with E-state index in [4.69, 9.17) is 5.73 Å². The van der Waals surface area contributed by atoms with E-state index in [1.807, 2.05) is 0 Å². The molecular formula is C14H28N2O. The molecular weight excluding hydrogens is 212 g/mol. The average molecular weight is 240 g/mol. The third kappa shape index (κ3) is 5.53. The van der Waals surface area contributed by atoms with E-state index in [-0.39, 0.29) is 11.9 Å². The quantitative estimate of drug-likeness (QED) is 0.774. The number of nitrogens with two attached hydrogens (primary N) is 1. The molecule has 1 unspecified atom stereocenters. The van der Waals surface area contributed by atoms with Gasteiger partial charge in [-0.2, -0.15) is 0 Å². The van der Waals surface area contributed by atoms with Gasteiger partial charge in [0.2, 0.25) is 5.91 Å². The summed E-state index contributed by atoms with van der Waals surface area (Å²) in [5.41, 5.74) is 5.88. The van der Waals surface area contributed by atoms with Gasteiger partial charge in [-0.05, 0) is 30.6 Å². The molecule has 1 aliphatic carbocycles. The van der Waals surface area contributed by atoms with Crippen molar-refractivity contribution in [1.29, 1.82) is 0 Å². The van der Waals surface area contributed by atoms with Crippen molar-refractivity contribution in [2.45, 2.75) is 58.9 Å². The van der Waals surface area contributed by atoms with Crippen molar-refractivity contribution in [3.05, 3.63) is 0 Å². The van der Waals surface area contributed by atoms with Crippen LogP contribution >= 0.6 is 0 Å². The number of nitrogens with one attached hydrogen (secondary N) is 1. The highest BCUT2D eigenvalue weighted by molar-refractivity contribution is 5.76. The van der Waals surface area contributed by atoms with Crippen molar-refractivity contribution in [2.75, 3.05) is 6.54 Å². The molecule has 1 aliphatic rings. The summed E-state index contributed by atoms with van der Waals surface area (Å²) in [6.45, 7) is 7.27. The smallest absolute Gasteiger partial charge is 0.221 e. The summed E-state index contributed by atoms with van der Waals surface area (Å²) >= 11 is 0.